The van der Waals surface area contributed by atoms with E-state index in [4.69, 9.17) is 0 Å². The number of carbonyl (C=O) groups excluding carboxylic acids is 1. The van der Waals surface area contributed by atoms with Gasteiger partial charge >= 0.3 is 0 Å². The Morgan fingerprint density at radius 2 is 2.09 bits per heavy atom. The molecule has 1 aliphatic rings. The number of thiophene rings is 1. The molecule has 22 heavy (non-hydrogen) atoms. The summed E-state index contributed by atoms with van der Waals surface area (Å²) in [5.41, 5.74) is -0.345. The fourth-order valence-electron chi connectivity index (χ4n) is 2.49. The molecule has 1 aromatic rings. The zero-order valence-corrected chi connectivity index (χ0v) is 15.2. The van der Waals surface area contributed by atoms with E-state index in [0.29, 0.717) is 23.9 Å². The second kappa shape index (κ2) is 6.29. The first-order valence-corrected chi connectivity index (χ1v) is 9.83. The predicted molar refractivity (Wildman–Crippen MR) is 88.7 cm³/mol. The summed E-state index contributed by atoms with van der Waals surface area (Å²) >= 11 is 1.17. The summed E-state index contributed by atoms with van der Waals surface area (Å²) in [6.07, 6.45) is 1.96. The fourth-order valence-corrected chi connectivity index (χ4v) is 5.24. The van der Waals surface area contributed by atoms with Crippen molar-refractivity contribution in [2.24, 2.45) is 5.92 Å². The molecule has 1 atom stereocenters. The lowest BCUT2D eigenvalue weighted by molar-refractivity contribution is 0.0923. The molecule has 2 heterocycles. The van der Waals surface area contributed by atoms with Gasteiger partial charge in [-0.25, -0.2) is 8.42 Å². The Labute approximate surface area is 136 Å². The number of rotatable bonds is 3. The maximum atomic E-state index is 12.7. The van der Waals surface area contributed by atoms with Gasteiger partial charge in [0.05, 0.1) is 9.77 Å². The van der Waals surface area contributed by atoms with E-state index in [9.17, 15) is 13.2 Å². The van der Waals surface area contributed by atoms with Gasteiger partial charge in [-0.2, -0.15) is 4.31 Å². The molecule has 0 aliphatic carbocycles. The van der Waals surface area contributed by atoms with Gasteiger partial charge in [0.2, 0.25) is 10.0 Å². The van der Waals surface area contributed by atoms with E-state index < -0.39 is 10.0 Å². The lowest BCUT2D eigenvalue weighted by atomic mass is 10.0. The molecule has 0 bridgehead atoms. The van der Waals surface area contributed by atoms with Crippen molar-refractivity contribution in [2.45, 2.75) is 51.0 Å². The van der Waals surface area contributed by atoms with E-state index in [2.05, 4.69) is 12.2 Å². The van der Waals surface area contributed by atoms with Crippen molar-refractivity contribution < 1.29 is 13.2 Å². The zero-order valence-electron chi connectivity index (χ0n) is 13.5. The Morgan fingerprint density at radius 1 is 1.41 bits per heavy atom. The number of sulfonamides is 1. The molecule has 5 nitrogen and oxygen atoms in total. The van der Waals surface area contributed by atoms with Crippen molar-refractivity contribution in [2.75, 3.05) is 13.1 Å². The second-order valence-electron chi connectivity index (χ2n) is 6.96. The van der Waals surface area contributed by atoms with Gasteiger partial charge in [-0.05, 0) is 45.6 Å². The van der Waals surface area contributed by atoms with Crippen molar-refractivity contribution in [3.63, 3.8) is 0 Å². The molecule has 1 aromatic heterocycles. The SMILES string of the molecule is CC1CCCN(S(=O)(=O)c2csc(C(=O)NC(C)(C)C)c2)C1. The van der Waals surface area contributed by atoms with Crippen LogP contribution in [0.1, 0.15) is 50.2 Å². The molecule has 124 valence electrons. The quantitative estimate of drug-likeness (QED) is 0.917. The predicted octanol–water partition coefficient (Wildman–Crippen LogP) is 2.70. The van der Waals surface area contributed by atoms with Crippen LogP contribution in [-0.2, 0) is 10.0 Å². The summed E-state index contributed by atoms with van der Waals surface area (Å²) in [7, 11) is -3.49. The lowest BCUT2D eigenvalue weighted by Gasteiger charge is -2.29. The lowest BCUT2D eigenvalue weighted by Crippen LogP contribution is -2.40. The third kappa shape index (κ3) is 4.08. The van der Waals surface area contributed by atoms with Crippen molar-refractivity contribution >= 4 is 27.3 Å². The summed E-state index contributed by atoms with van der Waals surface area (Å²) in [6, 6.07) is 1.49. The van der Waals surface area contributed by atoms with Crippen molar-refractivity contribution in [1.29, 1.82) is 0 Å². The zero-order chi connectivity index (χ0) is 16.5. The van der Waals surface area contributed by atoms with E-state index in [1.54, 1.807) is 5.38 Å². The highest BCUT2D eigenvalue weighted by atomic mass is 32.2. The molecule has 7 heteroatoms. The van der Waals surface area contributed by atoms with Gasteiger partial charge in [0.25, 0.3) is 5.91 Å². The van der Waals surface area contributed by atoms with E-state index in [1.807, 2.05) is 20.8 Å². The number of hydrogen-bond acceptors (Lipinski definition) is 4. The first kappa shape index (κ1) is 17.4. The van der Waals surface area contributed by atoms with E-state index >= 15 is 0 Å². The molecule has 1 fully saturated rings. The summed E-state index contributed by atoms with van der Waals surface area (Å²) in [5, 5.41) is 4.41. The maximum Gasteiger partial charge on any atom is 0.261 e. The molecular weight excluding hydrogens is 320 g/mol. The van der Waals surface area contributed by atoms with E-state index in [0.717, 1.165) is 12.8 Å². The Kier molecular flexibility index (Phi) is 4.99. The highest BCUT2D eigenvalue weighted by Crippen LogP contribution is 2.27. The van der Waals surface area contributed by atoms with Crippen molar-refractivity contribution in [3.05, 3.63) is 16.3 Å². The van der Waals surface area contributed by atoms with Crippen LogP contribution in [-0.4, -0.2) is 37.3 Å². The van der Waals surface area contributed by atoms with Gasteiger partial charge in [0, 0.05) is 24.0 Å². The number of nitrogens with zero attached hydrogens (tertiary/aromatic N) is 1. The third-order valence-electron chi connectivity index (χ3n) is 3.55. The van der Waals surface area contributed by atoms with E-state index in [1.165, 1.54) is 21.7 Å². The Balaban J connectivity index is 2.18. The standard InChI is InChI=1S/C15H24N2O3S2/c1-11-6-5-7-17(9-11)22(19,20)12-8-13(21-10-12)14(18)16-15(2,3)4/h8,10-11H,5-7,9H2,1-4H3,(H,16,18). The highest BCUT2D eigenvalue weighted by molar-refractivity contribution is 7.89. The summed E-state index contributed by atoms with van der Waals surface area (Å²) < 4.78 is 26.8. The number of piperidine rings is 1. The van der Waals surface area contributed by atoms with Crippen molar-refractivity contribution in [1.82, 2.24) is 9.62 Å². The van der Waals surface area contributed by atoms with Crippen LogP contribution >= 0.6 is 11.3 Å². The molecule has 1 N–H and O–H groups in total. The minimum Gasteiger partial charge on any atom is -0.347 e. The number of carbonyl (C=O) groups is 1. The third-order valence-corrected chi connectivity index (χ3v) is 6.47. The van der Waals surface area contributed by atoms with Crippen LogP contribution in [0.5, 0.6) is 0 Å². The maximum absolute atomic E-state index is 12.7. The van der Waals surface area contributed by atoms with Crippen LogP contribution in [0.3, 0.4) is 0 Å². The van der Waals surface area contributed by atoms with Crippen LogP contribution in [0, 0.1) is 5.92 Å². The average Bonchev–Trinajstić information content (AvgIpc) is 2.87. The first-order chi connectivity index (χ1) is 10.1. The van der Waals surface area contributed by atoms with Gasteiger partial charge in [-0.15, -0.1) is 11.3 Å². The van der Waals surface area contributed by atoms with Crippen molar-refractivity contribution in [3.8, 4) is 0 Å². The molecule has 0 radical (unpaired) electrons. The minimum absolute atomic E-state index is 0.227. The van der Waals surface area contributed by atoms with Gasteiger partial charge in [-0.3, -0.25) is 4.79 Å². The largest absolute Gasteiger partial charge is 0.347 e. The summed E-state index contributed by atoms with van der Waals surface area (Å²) in [5.74, 6) is 0.150. The van der Waals surface area contributed by atoms with Gasteiger partial charge in [-0.1, -0.05) is 6.92 Å². The minimum atomic E-state index is -3.49. The Bertz CT molecular complexity index is 644. The highest BCUT2D eigenvalue weighted by Gasteiger charge is 2.30. The van der Waals surface area contributed by atoms with Gasteiger partial charge < -0.3 is 5.32 Å². The van der Waals surface area contributed by atoms with Gasteiger partial charge in [0.1, 0.15) is 0 Å². The van der Waals surface area contributed by atoms with Crippen LogP contribution < -0.4 is 5.32 Å². The molecule has 2 rings (SSSR count). The van der Waals surface area contributed by atoms with Gasteiger partial charge in [0.15, 0.2) is 0 Å². The fraction of sp³-hybridized carbons (Fsp3) is 0.667. The normalized spacial score (nSPS) is 20.8. The number of hydrogen-bond donors (Lipinski definition) is 1. The second-order valence-corrected chi connectivity index (χ2v) is 9.81. The molecule has 0 saturated carbocycles. The molecule has 1 aliphatic heterocycles. The first-order valence-electron chi connectivity index (χ1n) is 7.51. The van der Waals surface area contributed by atoms with Crippen LogP contribution in [0.2, 0.25) is 0 Å². The number of amides is 1. The molecule has 0 aromatic carbocycles. The van der Waals surface area contributed by atoms with Crippen LogP contribution in [0.4, 0.5) is 0 Å². The molecule has 0 spiro atoms. The molecule has 1 saturated heterocycles. The molecule has 1 amide bonds. The van der Waals surface area contributed by atoms with E-state index in [-0.39, 0.29) is 16.3 Å². The Hall–Kier alpha value is -0.920. The molecule has 1 unspecified atom stereocenters. The summed E-state index contributed by atoms with van der Waals surface area (Å²) in [4.78, 5) is 12.8. The van der Waals surface area contributed by atoms with Crippen LogP contribution in [0.25, 0.3) is 0 Å². The molecular formula is C15H24N2O3S2. The topological polar surface area (TPSA) is 66.5 Å². The number of nitrogens with one attached hydrogen (secondary N) is 1. The Morgan fingerprint density at radius 3 is 2.68 bits per heavy atom. The monoisotopic (exact) mass is 344 g/mol. The summed E-state index contributed by atoms with van der Waals surface area (Å²) in [6.45, 7) is 8.87. The van der Waals surface area contributed by atoms with Crippen LogP contribution in [0.15, 0.2) is 16.3 Å². The average molecular weight is 345 g/mol. The smallest absolute Gasteiger partial charge is 0.261 e.